The molecule has 0 N–H and O–H groups in total. The van der Waals surface area contributed by atoms with Gasteiger partial charge in [-0.25, -0.2) is 4.85 Å². The minimum Gasteiger partial charge on any atom is -0.236 e. The predicted octanol–water partition coefficient (Wildman–Crippen LogP) is 3.76. The summed E-state index contributed by atoms with van der Waals surface area (Å²) in [6.45, 7) is 6.79. The second kappa shape index (κ2) is 3.18. The zero-order chi connectivity index (χ0) is 7.56. The molecule has 0 fully saturated rings. The number of rotatable bonds is 0. The van der Waals surface area contributed by atoms with Crippen molar-refractivity contribution in [3.8, 4) is 0 Å². The van der Waals surface area contributed by atoms with Gasteiger partial charge < -0.3 is 0 Å². The molecule has 0 amide bonds. The molecule has 0 bridgehead atoms. The number of nitrogens with zero attached hydrogens (tertiary/aromatic N) is 1. The molecule has 3 heteroatoms. The Bertz CT molecular complexity index is 268. The molecule has 10 heavy (non-hydrogen) atoms. The molecule has 1 aromatic rings. The topological polar surface area (TPSA) is 4.36 Å². The lowest BCUT2D eigenvalue weighted by atomic mass is 10.3. The van der Waals surface area contributed by atoms with Crippen LogP contribution < -0.4 is 0 Å². The first-order chi connectivity index (χ1) is 4.75. The summed E-state index contributed by atoms with van der Waals surface area (Å²) in [6, 6.07) is 5.57. The third-order valence-corrected chi connectivity index (χ3v) is 2.33. The van der Waals surface area contributed by atoms with Gasteiger partial charge in [-0.2, -0.15) is 0 Å². The van der Waals surface area contributed by atoms with Gasteiger partial charge in [0.05, 0.1) is 6.57 Å². The highest BCUT2D eigenvalue weighted by molar-refractivity contribution is 9.11. The van der Waals surface area contributed by atoms with Gasteiger partial charge in [0, 0.05) is 8.95 Å². The quantitative estimate of drug-likeness (QED) is 0.626. The maximum absolute atomic E-state index is 6.79. The van der Waals surface area contributed by atoms with E-state index >= 15 is 0 Å². The Morgan fingerprint density at radius 1 is 1.20 bits per heavy atom. The van der Waals surface area contributed by atoms with E-state index in [-0.39, 0.29) is 0 Å². The smallest absolute Gasteiger partial charge is 0.214 e. The Morgan fingerprint density at radius 3 is 2.00 bits per heavy atom. The van der Waals surface area contributed by atoms with E-state index in [0.717, 1.165) is 8.95 Å². The van der Waals surface area contributed by atoms with Crippen LogP contribution in [0.5, 0.6) is 0 Å². The van der Waals surface area contributed by atoms with E-state index in [9.17, 15) is 0 Å². The van der Waals surface area contributed by atoms with Crippen molar-refractivity contribution in [3.05, 3.63) is 38.6 Å². The fourth-order valence-electron chi connectivity index (χ4n) is 0.596. The van der Waals surface area contributed by atoms with Crippen molar-refractivity contribution >= 4 is 37.5 Å². The number of benzene rings is 1. The van der Waals surface area contributed by atoms with Gasteiger partial charge in [-0.05, 0) is 0 Å². The van der Waals surface area contributed by atoms with Crippen molar-refractivity contribution in [2.75, 3.05) is 0 Å². The number of hydrogen-bond donors (Lipinski definition) is 0. The molecule has 0 radical (unpaired) electrons. The van der Waals surface area contributed by atoms with Gasteiger partial charge in [0.1, 0.15) is 0 Å². The molecule has 0 saturated heterocycles. The highest BCUT2D eigenvalue weighted by atomic mass is 79.9. The van der Waals surface area contributed by atoms with E-state index in [1.165, 1.54) is 0 Å². The average molecular weight is 261 g/mol. The van der Waals surface area contributed by atoms with Crippen molar-refractivity contribution in [1.29, 1.82) is 0 Å². The Labute approximate surface area is 76.1 Å². The monoisotopic (exact) mass is 259 g/mol. The van der Waals surface area contributed by atoms with Gasteiger partial charge in [0.25, 0.3) is 0 Å². The zero-order valence-electron chi connectivity index (χ0n) is 4.94. The summed E-state index contributed by atoms with van der Waals surface area (Å²) < 4.78 is 1.66. The van der Waals surface area contributed by atoms with Gasteiger partial charge in [-0.15, -0.1) is 0 Å². The maximum Gasteiger partial charge on any atom is 0.214 e. The molecule has 0 aliphatic rings. The Balaban J connectivity index is 3.34. The summed E-state index contributed by atoms with van der Waals surface area (Å²) in [5.74, 6) is 0. The fraction of sp³-hybridized carbons (Fsp3) is 0. The van der Waals surface area contributed by atoms with Crippen LogP contribution in [0.15, 0.2) is 27.1 Å². The van der Waals surface area contributed by atoms with E-state index in [4.69, 9.17) is 6.57 Å². The molecular weight excluding hydrogens is 258 g/mol. The first kappa shape index (κ1) is 7.77. The summed E-state index contributed by atoms with van der Waals surface area (Å²) in [5.41, 5.74) is 0.627. The van der Waals surface area contributed by atoms with Crippen molar-refractivity contribution in [2.24, 2.45) is 0 Å². The fourth-order valence-corrected chi connectivity index (χ4v) is 1.77. The van der Waals surface area contributed by atoms with Crippen LogP contribution in [0.25, 0.3) is 4.85 Å². The summed E-state index contributed by atoms with van der Waals surface area (Å²) in [4.78, 5) is 3.33. The lowest BCUT2D eigenvalue weighted by molar-refractivity contribution is 1.62. The van der Waals surface area contributed by atoms with E-state index < -0.39 is 0 Å². The number of hydrogen-bond acceptors (Lipinski definition) is 0. The lowest BCUT2D eigenvalue weighted by Gasteiger charge is -1.95. The van der Waals surface area contributed by atoms with E-state index in [1.807, 2.05) is 18.2 Å². The van der Waals surface area contributed by atoms with E-state index in [1.54, 1.807) is 0 Å². The summed E-state index contributed by atoms with van der Waals surface area (Å²) in [7, 11) is 0. The average Bonchev–Trinajstić information content (AvgIpc) is 1.88. The van der Waals surface area contributed by atoms with Crippen LogP contribution in [0.1, 0.15) is 0 Å². The van der Waals surface area contributed by atoms with E-state index in [0.29, 0.717) is 5.69 Å². The van der Waals surface area contributed by atoms with Crippen LogP contribution in [0.4, 0.5) is 5.69 Å². The molecule has 0 atom stereocenters. The molecule has 0 heterocycles. The summed E-state index contributed by atoms with van der Waals surface area (Å²) in [6.07, 6.45) is 0. The molecule has 1 nitrogen and oxygen atoms in total. The molecule has 0 aliphatic heterocycles. The van der Waals surface area contributed by atoms with E-state index in [2.05, 4.69) is 36.7 Å². The van der Waals surface area contributed by atoms with Gasteiger partial charge in [-0.1, -0.05) is 50.1 Å². The Hall–Kier alpha value is -0.330. The summed E-state index contributed by atoms with van der Waals surface area (Å²) in [5, 5.41) is 0. The predicted molar refractivity (Wildman–Crippen MR) is 48.1 cm³/mol. The molecular formula is C7H3Br2N. The van der Waals surface area contributed by atoms with Crippen LogP contribution in [0.2, 0.25) is 0 Å². The highest BCUT2D eigenvalue weighted by Gasteiger charge is 2.01. The second-order valence-corrected chi connectivity index (χ2v) is 3.39. The molecule has 50 valence electrons. The number of halogens is 2. The molecule has 0 unspecified atom stereocenters. The number of para-hydroxylation sites is 1. The first-order valence-corrected chi connectivity index (χ1v) is 4.16. The summed E-state index contributed by atoms with van der Waals surface area (Å²) >= 11 is 6.53. The van der Waals surface area contributed by atoms with Crippen LogP contribution in [0, 0.1) is 6.57 Å². The molecule has 1 aromatic carbocycles. The normalized spacial score (nSPS) is 8.90. The van der Waals surface area contributed by atoms with Crippen LogP contribution in [-0.4, -0.2) is 0 Å². The van der Waals surface area contributed by atoms with Crippen LogP contribution in [0.3, 0.4) is 0 Å². The minimum atomic E-state index is 0.627. The van der Waals surface area contributed by atoms with Crippen molar-refractivity contribution in [3.63, 3.8) is 0 Å². The van der Waals surface area contributed by atoms with Gasteiger partial charge >= 0.3 is 0 Å². The molecule has 1 rings (SSSR count). The van der Waals surface area contributed by atoms with Crippen LogP contribution in [-0.2, 0) is 0 Å². The zero-order valence-corrected chi connectivity index (χ0v) is 8.11. The third kappa shape index (κ3) is 1.39. The molecule has 0 saturated carbocycles. The first-order valence-electron chi connectivity index (χ1n) is 2.57. The SMILES string of the molecule is [C-]#[N+]c1c(Br)cccc1Br. The van der Waals surface area contributed by atoms with Crippen LogP contribution >= 0.6 is 31.9 Å². The highest BCUT2D eigenvalue weighted by Crippen LogP contribution is 2.32. The lowest BCUT2D eigenvalue weighted by Crippen LogP contribution is -1.66. The maximum atomic E-state index is 6.79. The molecule has 0 aromatic heterocycles. The van der Waals surface area contributed by atoms with Crippen molar-refractivity contribution in [2.45, 2.75) is 0 Å². The van der Waals surface area contributed by atoms with Gasteiger partial charge in [0.2, 0.25) is 5.69 Å². The molecule has 0 aliphatic carbocycles. The van der Waals surface area contributed by atoms with Crippen molar-refractivity contribution in [1.82, 2.24) is 0 Å². The Morgan fingerprint density at radius 2 is 1.70 bits per heavy atom. The minimum absolute atomic E-state index is 0.627. The van der Waals surface area contributed by atoms with Gasteiger partial charge in [-0.3, -0.25) is 0 Å². The second-order valence-electron chi connectivity index (χ2n) is 1.68. The Kier molecular flexibility index (Phi) is 2.47. The van der Waals surface area contributed by atoms with Gasteiger partial charge in [0.15, 0.2) is 0 Å². The largest absolute Gasteiger partial charge is 0.236 e. The third-order valence-electron chi connectivity index (χ3n) is 1.05. The standard InChI is InChI=1S/C7H3Br2N/c1-10-7-5(8)3-2-4-6(7)9/h2-4H. The molecule has 0 spiro atoms. The van der Waals surface area contributed by atoms with Crippen molar-refractivity contribution < 1.29 is 0 Å².